The fourth-order valence-electron chi connectivity index (χ4n) is 4.56. The number of carbonyl (C=O) groups excluding carboxylic acids is 3. The van der Waals surface area contributed by atoms with Crippen LogP contribution in [0.1, 0.15) is 19.8 Å². The van der Waals surface area contributed by atoms with Gasteiger partial charge in [0.15, 0.2) is 0 Å². The van der Waals surface area contributed by atoms with E-state index >= 15 is 0 Å². The van der Waals surface area contributed by atoms with Crippen LogP contribution in [-0.2, 0) is 14.3 Å². The number of cyclic esters (lactones) is 1. The zero-order valence-electron chi connectivity index (χ0n) is 16.3. The summed E-state index contributed by atoms with van der Waals surface area (Å²) in [6.07, 6.45) is 1.90. The average molecular weight is 404 g/mol. The first kappa shape index (κ1) is 19.5. The van der Waals surface area contributed by atoms with E-state index in [1.807, 2.05) is 9.80 Å². The lowest BCUT2D eigenvalue weighted by Crippen LogP contribution is -2.44. The van der Waals surface area contributed by atoms with Gasteiger partial charge in [0.05, 0.1) is 30.5 Å². The third-order valence-electron chi connectivity index (χ3n) is 6.00. The monoisotopic (exact) mass is 404 g/mol. The molecule has 8 nitrogen and oxygen atoms in total. The maximum absolute atomic E-state index is 14.9. The molecule has 0 spiro atoms. The number of nitrogens with zero attached hydrogens (tertiary/aromatic N) is 3. The molecule has 3 heterocycles. The minimum atomic E-state index is -0.554. The van der Waals surface area contributed by atoms with Crippen molar-refractivity contribution in [1.29, 1.82) is 0 Å². The molecule has 3 atom stereocenters. The van der Waals surface area contributed by atoms with Crippen LogP contribution in [0.4, 0.5) is 20.6 Å². The van der Waals surface area contributed by atoms with Crippen molar-refractivity contribution in [3.63, 3.8) is 0 Å². The van der Waals surface area contributed by atoms with Gasteiger partial charge in [-0.1, -0.05) is 0 Å². The van der Waals surface area contributed by atoms with E-state index in [4.69, 9.17) is 4.74 Å². The summed E-state index contributed by atoms with van der Waals surface area (Å²) in [6.45, 7) is 3.96. The Hall–Kier alpha value is -2.84. The molecule has 3 fully saturated rings. The number of carbonyl (C=O) groups is 3. The van der Waals surface area contributed by atoms with E-state index in [2.05, 4.69) is 5.32 Å². The van der Waals surface area contributed by atoms with Crippen molar-refractivity contribution in [1.82, 2.24) is 10.2 Å². The largest absolute Gasteiger partial charge is 0.442 e. The van der Waals surface area contributed by atoms with Crippen LogP contribution in [0.15, 0.2) is 18.2 Å². The first-order valence-corrected chi connectivity index (χ1v) is 9.94. The predicted octanol–water partition coefficient (Wildman–Crippen LogP) is 1.34. The van der Waals surface area contributed by atoms with Gasteiger partial charge in [0.25, 0.3) is 0 Å². The Kier molecular flexibility index (Phi) is 5.29. The van der Waals surface area contributed by atoms with E-state index in [1.54, 1.807) is 12.1 Å². The second-order valence-electron chi connectivity index (χ2n) is 7.91. The van der Waals surface area contributed by atoms with Gasteiger partial charge >= 0.3 is 6.09 Å². The molecule has 1 aromatic carbocycles. The molecule has 1 aromatic rings. The van der Waals surface area contributed by atoms with Crippen LogP contribution in [0.5, 0.6) is 0 Å². The second kappa shape index (κ2) is 7.88. The third kappa shape index (κ3) is 3.86. The van der Waals surface area contributed by atoms with Gasteiger partial charge in [-0.2, -0.15) is 0 Å². The number of ether oxygens (including phenoxy) is 1. The number of benzene rings is 1. The van der Waals surface area contributed by atoms with E-state index in [-0.39, 0.29) is 25.0 Å². The van der Waals surface area contributed by atoms with Gasteiger partial charge < -0.3 is 19.9 Å². The Bertz CT molecular complexity index is 820. The van der Waals surface area contributed by atoms with Crippen molar-refractivity contribution in [2.75, 3.05) is 42.5 Å². The summed E-state index contributed by atoms with van der Waals surface area (Å²) in [6, 6.07) is 4.86. The Morgan fingerprint density at radius 2 is 2.17 bits per heavy atom. The molecule has 0 saturated carbocycles. The number of nitrogens with one attached hydrogen (secondary N) is 1. The van der Waals surface area contributed by atoms with Crippen LogP contribution in [0.3, 0.4) is 0 Å². The first-order chi connectivity index (χ1) is 14.0. The normalized spacial score (nSPS) is 26.3. The van der Waals surface area contributed by atoms with Gasteiger partial charge in [0.1, 0.15) is 11.9 Å². The van der Waals surface area contributed by atoms with E-state index in [1.165, 1.54) is 17.9 Å². The maximum Gasteiger partial charge on any atom is 0.414 e. The van der Waals surface area contributed by atoms with E-state index in [0.29, 0.717) is 23.8 Å². The number of anilines is 2. The molecule has 3 amide bonds. The van der Waals surface area contributed by atoms with Gasteiger partial charge in [0, 0.05) is 26.6 Å². The summed E-state index contributed by atoms with van der Waals surface area (Å²) in [5, 5.41) is 2.62. The molecule has 0 aromatic heterocycles. The average Bonchev–Trinajstić information content (AvgIpc) is 3.29. The number of piperidine rings is 1. The molecule has 2 unspecified atom stereocenters. The summed E-state index contributed by atoms with van der Waals surface area (Å²) in [5.41, 5.74) is 0.907. The van der Waals surface area contributed by atoms with Crippen molar-refractivity contribution in [3.05, 3.63) is 24.0 Å². The Labute approximate surface area is 168 Å². The number of hydrogen-bond donors (Lipinski definition) is 1. The molecule has 0 aliphatic carbocycles. The molecule has 3 aliphatic rings. The van der Waals surface area contributed by atoms with Gasteiger partial charge in [-0.05, 0) is 37.0 Å². The van der Waals surface area contributed by atoms with Gasteiger partial charge in [-0.3, -0.25) is 14.5 Å². The van der Waals surface area contributed by atoms with Crippen LogP contribution in [0.2, 0.25) is 0 Å². The van der Waals surface area contributed by atoms with Crippen molar-refractivity contribution < 1.29 is 23.5 Å². The number of rotatable bonds is 5. The quantitative estimate of drug-likeness (QED) is 0.749. The molecule has 0 bridgehead atoms. The smallest absolute Gasteiger partial charge is 0.414 e. The summed E-state index contributed by atoms with van der Waals surface area (Å²) >= 11 is 0. The van der Waals surface area contributed by atoms with Crippen LogP contribution in [0.25, 0.3) is 0 Å². The van der Waals surface area contributed by atoms with Crippen molar-refractivity contribution >= 4 is 29.8 Å². The van der Waals surface area contributed by atoms with E-state index in [9.17, 15) is 18.8 Å². The molecule has 9 heteroatoms. The highest BCUT2D eigenvalue weighted by molar-refractivity contribution is 5.90. The maximum atomic E-state index is 14.9. The lowest BCUT2D eigenvalue weighted by atomic mass is 9.93. The first-order valence-electron chi connectivity index (χ1n) is 9.94. The second-order valence-corrected chi connectivity index (χ2v) is 7.91. The number of likely N-dealkylation sites (tertiary alicyclic amines) is 1. The zero-order valence-corrected chi connectivity index (χ0v) is 16.3. The molecule has 4 rings (SSSR count). The fraction of sp³-hybridized carbons (Fsp3) is 0.550. The summed E-state index contributed by atoms with van der Waals surface area (Å²) in [5.74, 6) is -0.248. The number of halogens is 1. The predicted molar refractivity (Wildman–Crippen MR) is 104 cm³/mol. The summed E-state index contributed by atoms with van der Waals surface area (Å²) in [4.78, 5) is 39.7. The minimum absolute atomic E-state index is 0.128. The van der Waals surface area contributed by atoms with Crippen molar-refractivity contribution in [3.8, 4) is 0 Å². The highest BCUT2D eigenvalue weighted by Gasteiger charge is 2.39. The van der Waals surface area contributed by atoms with E-state index in [0.717, 1.165) is 32.3 Å². The number of hydrogen-bond acceptors (Lipinski definition) is 5. The van der Waals surface area contributed by atoms with Crippen molar-refractivity contribution in [2.24, 2.45) is 5.92 Å². The summed E-state index contributed by atoms with van der Waals surface area (Å²) in [7, 11) is 0. The molecular weight excluding hydrogens is 379 g/mol. The van der Waals surface area contributed by atoms with Crippen LogP contribution >= 0.6 is 0 Å². The lowest BCUT2D eigenvalue weighted by Gasteiger charge is -2.33. The van der Waals surface area contributed by atoms with Crippen LogP contribution < -0.4 is 15.1 Å². The highest BCUT2D eigenvalue weighted by atomic mass is 19.1. The standard InChI is InChI=1S/C20H25FN4O4/c1-13(27)22-8-16-10-25(20(28)29-16)15-4-5-18(17(21)7-15)24-9-14-3-2-6-23(12-26)19(14)11-24/h4-5,7,12,14,16,19H,2-3,6,8-11H2,1H3,(H,22,27)/t14?,16?,19-/m1/s1. The van der Waals surface area contributed by atoms with Crippen molar-refractivity contribution in [2.45, 2.75) is 31.9 Å². The minimum Gasteiger partial charge on any atom is -0.442 e. The third-order valence-corrected chi connectivity index (χ3v) is 6.00. The Morgan fingerprint density at radius 1 is 1.34 bits per heavy atom. The molecular formula is C20H25FN4O4. The van der Waals surface area contributed by atoms with Gasteiger partial charge in [-0.25, -0.2) is 9.18 Å². The molecule has 3 saturated heterocycles. The van der Waals surface area contributed by atoms with Crippen LogP contribution in [-0.4, -0.2) is 68.2 Å². The highest BCUT2D eigenvalue weighted by Crippen LogP contribution is 2.35. The summed E-state index contributed by atoms with van der Waals surface area (Å²) < 4.78 is 20.2. The fourth-order valence-corrected chi connectivity index (χ4v) is 4.56. The number of amides is 3. The number of fused-ring (bicyclic) bond motifs is 1. The molecule has 1 N–H and O–H groups in total. The van der Waals surface area contributed by atoms with E-state index < -0.39 is 18.0 Å². The topological polar surface area (TPSA) is 82.2 Å². The molecule has 3 aliphatic heterocycles. The zero-order chi connectivity index (χ0) is 20.5. The molecule has 29 heavy (non-hydrogen) atoms. The van der Waals surface area contributed by atoms with Gasteiger partial charge in [0.2, 0.25) is 12.3 Å². The van der Waals surface area contributed by atoms with Gasteiger partial charge in [-0.15, -0.1) is 0 Å². The molecule has 0 radical (unpaired) electrons. The SMILES string of the molecule is CC(=O)NCC1CN(c2ccc(N3CC4CCCN(C=O)[C@@H]4C3)c(F)c2)C(=O)O1. The lowest BCUT2D eigenvalue weighted by molar-refractivity contribution is -0.122. The Balaban J connectivity index is 1.45. The van der Waals surface area contributed by atoms with Crippen LogP contribution in [0, 0.1) is 11.7 Å². The Morgan fingerprint density at radius 3 is 2.90 bits per heavy atom. The molecule has 156 valence electrons.